The van der Waals surface area contributed by atoms with E-state index in [9.17, 15) is 4.79 Å². The maximum absolute atomic E-state index is 11.2. The molecule has 3 aromatic rings. The molecule has 0 spiro atoms. The quantitative estimate of drug-likeness (QED) is 0.761. The Kier molecular flexibility index (Phi) is 4.46. The highest BCUT2D eigenvalue weighted by molar-refractivity contribution is 7.99. The van der Waals surface area contributed by atoms with Gasteiger partial charge in [-0.1, -0.05) is 35.0 Å². The molecule has 0 aliphatic rings. The first kappa shape index (κ1) is 15.7. The van der Waals surface area contributed by atoms with Crippen LogP contribution in [0.3, 0.4) is 0 Å². The smallest absolute Gasteiger partial charge is 0.251 e. The van der Waals surface area contributed by atoms with Crippen molar-refractivity contribution in [2.24, 2.45) is 5.73 Å². The second kappa shape index (κ2) is 6.53. The van der Waals surface area contributed by atoms with Gasteiger partial charge in [0.25, 0.3) is 5.91 Å². The van der Waals surface area contributed by atoms with Gasteiger partial charge in [0.15, 0.2) is 5.82 Å². The zero-order chi connectivity index (χ0) is 16.4. The molecule has 0 aliphatic carbocycles. The molecule has 0 saturated heterocycles. The van der Waals surface area contributed by atoms with E-state index in [4.69, 9.17) is 28.9 Å². The largest absolute Gasteiger partial charge is 0.366 e. The third-order valence-electron chi connectivity index (χ3n) is 2.73. The van der Waals surface area contributed by atoms with Crippen LogP contribution in [0.1, 0.15) is 10.4 Å². The number of hydrogen-bond donors (Lipinski definition) is 1. The summed E-state index contributed by atoms with van der Waals surface area (Å²) in [4.78, 5) is 24.2. The minimum absolute atomic E-state index is 0.268. The number of primary amides is 1. The summed E-state index contributed by atoms with van der Waals surface area (Å²) in [5.74, 6) is -0.194. The fourth-order valence-electron chi connectivity index (χ4n) is 1.69. The number of nitrogens with zero attached hydrogens (tertiary/aromatic N) is 5. The van der Waals surface area contributed by atoms with E-state index in [0.29, 0.717) is 25.9 Å². The second-order valence-electron chi connectivity index (χ2n) is 4.26. The molecule has 0 aromatic carbocycles. The molecule has 7 nitrogen and oxygen atoms in total. The maximum atomic E-state index is 11.2. The summed E-state index contributed by atoms with van der Waals surface area (Å²) in [6, 6.07) is 1.74. The van der Waals surface area contributed by atoms with Gasteiger partial charge in [-0.25, -0.2) is 19.6 Å². The summed E-state index contributed by atoms with van der Waals surface area (Å²) in [6.45, 7) is 0. The summed E-state index contributed by atoms with van der Waals surface area (Å²) >= 11 is 13.4. The van der Waals surface area contributed by atoms with Gasteiger partial charge in [-0.2, -0.15) is 5.10 Å². The molecule has 0 aliphatic heterocycles. The van der Waals surface area contributed by atoms with E-state index in [2.05, 4.69) is 20.1 Å². The maximum Gasteiger partial charge on any atom is 0.251 e. The number of hydrogen-bond acceptors (Lipinski definition) is 6. The van der Waals surface area contributed by atoms with E-state index in [-0.39, 0.29) is 5.56 Å². The first-order valence-corrected chi connectivity index (χ1v) is 7.76. The first-order valence-electron chi connectivity index (χ1n) is 6.19. The predicted molar refractivity (Wildman–Crippen MR) is 86.1 cm³/mol. The second-order valence-corrected chi connectivity index (χ2v) is 6.09. The molecule has 0 unspecified atom stereocenters. The minimum Gasteiger partial charge on any atom is -0.366 e. The zero-order valence-electron chi connectivity index (χ0n) is 11.3. The number of nitrogens with two attached hydrogens (primary N) is 1. The fraction of sp³-hybridized carbons (Fsp3) is 0. The average molecular weight is 367 g/mol. The first-order chi connectivity index (χ1) is 11.0. The lowest BCUT2D eigenvalue weighted by Gasteiger charge is -2.07. The highest BCUT2D eigenvalue weighted by Gasteiger charge is 2.14. The van der Waals surface area contributed by atoms with Crippen LogP contribution in [0, 0.1) is 0 Å². The molecule has 116 valence electrons. The topological polar surface area (TPSA) is 99.6 Å². The molecule has 3 heterocycles. The lowest BCUT2D eigenvalue weighted by atomic mass is 10.3. The van der Waals surface area contributed by atoms with Crippen molar-refractivity contribution >= 4 is 40.9 Å². The van der Waals surface area contributed by atoms with Gasteiger partial charge in [-0.3, -0.25) is 4.79 Å². The Morgan fingerprint density at radius 3 is 2.65 bits per heavy atom. The molecule has 3 rings (SSSR count). The Balaban J connectivity index is 1.94. The molecule has 0 radical (unpaired) electrons. The van der Waals surface area contributed by atoms with Gasteiger partial charge in [-0.05, 0) is 6.07 Å². The van der Waals surface area contributed by atoms with Crippen LogP contribution in [-0.4, -0.2) is 30.6 Å². The number of carbonyl (C=O) groups is 1. The molecule has 0 bridgehead atoms. The van der Waals surface area contributed by atoms with Crippen molar-refractivity contribution < 1.29 is 4.79 Å². The van der Waals surface area contributed by atoms with Gasteiger partial charge in [0.2, 0.25) is 0 Å². The summed E-state index contributed by atoms with van der Waals surface area (Å²) in [6.07, 6.45) is 7.39. The van der Waals surface area contributed by atoms with Crippen LogP contribution in [0.15, 0.2) is 47.0 Å². The molecule has 23 heavy (non-hydrogen) atoms. The molecule has 0 saturated carbocycles. The van der Waals surface area contributed by atoms with E-state index in [1.165, 1.54) is 35.0 Å². The van der Waals surface area contributed by atoms with Crippen molar-refractivity contribution in [3.63, 3.8) is 0 Å². The molecule has 10 heteroatoms. The van der Waals surface area contributed by atoms with Gasteiger partial charge in [0, 0.05) is 17.3 Å². The summed E-state index contributed by atoms with van der Waals surface area (Å²) in [7, 11) is 0. The fourth-order valence-corrected chi connectivity index (χ4v) is 2.84. The van der Waals surface area contributed by atoms with Crippen LogP contribution in [0.5, 0.6) is 0 Å². The van der Waals surface area contributed by atoms with E-state index in [0.717, 1.165) is 0 Å². The third kappa shape index (κ3) is 3.44. The number of amides is 1. The van der Waals surface area contributed by atoms with Crippen LogP contribution in [-0.2, 0) is 0 Å². The van der Waals surface area contributed by atoms with Crippen LogP contribution in [0.4, 0.5) is 0 Å². The Bertz CT molecular complexity index is 867. The summed E-state index contributed by atoms with van der Waals surface area (Å²) in [5, 5.41) is 5.35. The molecule has 1 amide bonds. The standard InChI is InChI=1S/C13H8Cl2N6OS/c14-9-4-19-10(5-18-9)23-8-1-2-17-13(11(8)15)21-6-7(3-20-21)12(16)22/h1-6H,(H2,16,22). The number of rotatable bonds is 4. The average Bonchev–Trinajstić information content (AvgIpc) is 3.01. The van der Waals surface area contributed by atoms with Crippen LogP contribution in [0.2, 0.25) is 10.2 Å². The van der Waals surface area contributed by atoms with Crippen molar-refractivity contribution in [1.29, 1.82) is 0 Å². The Hall–Kier alpha value is -2.16. The van der Waals surface area contributed by atoms with Crippen LogP contribution in [0.25, 0.3) is 5.82 Å². The van der Waals surface area contributed by atoms with E-state index in [1.807, 2.05) is 0 Å². The Morgan fingerprint density at radius 2 is 2.00 bits per heavy atom. The number of pyridine rings is 1. The SMILES string of the molecule is NC(=O)c1cnn(-c2nccc(Sc3cnc(Cl)cn3)c2Cl)c1. The zero-order valence-corrected chi connectivity index (χ0v) is 13.7. The van der Waals surface area contributed by atoms with E-state index in [1.54, 1.807) is 18.5 Å². The van der Waals surface area contributed by atoms with Gasteiger partial charge >= 0.3 is 0 Å². The van der Waals surface area contributed by atoms with Crippen molar-refractivity contribution in [2.45, 2.75) is 9.92 Å². The molecule has 3 aromatic heterocycles. The third-order valence-corrected chi connectivity index (χ3v) is 4.39. The molecule has 0 fully saturated rings. The number of carbonyl (C=O) groups excluding carboxylic acids is 1. The molecule has 2 N–H and O–H groups in total. The van der Waals surface area contributed by atoms with Crippen molar-refractivity contribution in [3.8, 4) is 5.82 Å². The molecular formula is C13H8Cl2N6OS. The van der Waals surface area contributed by atoms with E-state index < -0.39 is 5.91 Å². The van der Waals surface area contributed by atoms with Crippen LogP contribution < -0.4 is 5.73 Å². The summed E-state index contributed by atoms with van der Waals surface area (Å²) in [5.41, 5.74) is 5.48. The highest BCUT2D eigenvalue weighted by atomic mass is 35.5. The number of halogens is 2. The van der Waals surface area contributed by atoms with Gasteiger partial charge < -0.3 is 5.73 Å². The lowest BCUT2D eigenvalue weighted by molar-refractivity contribution is 0.100. The highest BCUT2D eigenvalue weighted by Crippen LogP contribution is 2.34. The van der Waals surface area contributed by atoms with Crippen molar-refractivity contribution in [2.75, 3.05) is 0 Å². The summed E-state index contributed by atoms with van der Waals surface area (Å²) < 4.78 is 1.39. The van der Waals surface area contributed by atoms with E-state index >= 15 is 0 Å². The van der Waals surface area contributed by atoms with Crippen LogP contribution >= 0.6 is 35.0 Å². The predicted octanol–water partition coefficient (Wildman–Crippen LogP) is 2.61. The van der Waals surface area contributed by atoms with Gasteiger partial charge in [-0.15, -0.1) is 0 Å². The molecule has 0 atom stereocenters. The minimum atomic E-state index is -0.575. The van der Waals surface area contributed by atoms with Gasteiger partial charge in [0.1, 0.15) is 10.2 Å². The Labute approximate surface area is 144 Å². The Morgan fingerprint density at radius 1 is 1.17 bits per heavy atom. The molecular weight excluding hydrogens is 359 g/mol. The monoisotopic (exact) mass is 366 g/mol. The van der Waals surface area contributed by atoms with Crippen molar-refractivity contribution in [1.82, 2.24) is 24.7 Å². The lowest BCUT2D eigenvalue weighted by Crippen LogP contribution is -2.09. The number of aromatic nitrogens is 5. The van der Waals surface area contributed by atoms with Crippen molar-refractivity contribution in [3.05, 3.63) is 52.8 Å². The normalized spacial score (nSPS) is 10.7. The van der Waals surface area contributed by atoms with Gasteiger partial charge in [0.05, 0.1) is 29.2 Å².